The van der Waals surface area contributed by atoms with Crippen molar-refractivity contribution in [3.63, 3.8) is 0 Å². The lowest BCUT2D eigenvalue weighted by molar-refractivity contribution is -0.117. The molecule has 5 rings (SSSR count). The van der Waals surface area contributed by atoms with Crippen molar-refractivity contribution in [3.8, 4) is 5.69 Å². The fourth-order valence-electron chi connectivity index (χ4n) is 3.51. The maximum absolute atomic E-state index is 13.0. The molecule has 0 bridgehead atoms. The van der Waals surface area contributed by atoms with E-state index in [1.54, 1.807) is 12.1 Å². The summed E-state index contributed by atoms with van der Waals surface area (Å²) in [5.41, 5.74) is 1.35. The summed E-state index contributed by atoms with van der Waals surface area (Å²) in [6.07, 6.45) is 0. The number of rotatable bonds is 3. The first-order valence-electron chi connectivity index (χ1n) is 8.89. The minimum atomic E-state index is -0.455. The Morgan fingerprint density at radius 1 is 1.21 bits per heavy atom. The number of hydrogen-bond acceptors (Lipinski definition) is 5. The number of aliphatic imine (C=N–C) groups is 1. The number of benzene rings is 2. The quantitative estimate of drug-likeness (QED) is 0.713. The van der Waals surface area contributed by atoms with E-state index >= 15 is 0 Å². The van der Waals surface area contributed by atoms with E-state index in [9.17, 15) is 14.0 Å². The van der Waals surface area contributed by atoms with E-state index in [-0.39, 0.29) is 6.54 Å². The summed E-state index contributed by atoms with van der Waals surface area (Å²) in [7, 11) is 0. The van der Waals surface area contributed by atoms with Crippen molar-refractivity contribution in [2.45, 2.75) is 6.54 Å². The van der Waals surface area contributed by atoms with Crippen molar-refractivity contribution in [1.29, 1.82) is 0 Å². The minimum Gasteiger partial charge on any atom is -0.324 e. The van der Waals surface area contributed by atoms with Crippen LogP contribution in [0.15, 0.2) is 52.3 Å². The number of carbonyl (C=O) groups is 1. The second-order valence-corrected chi connectivity index (χ2v) is 7.09. The number of nitrogens with one attached hydrogen (secondary N) is 1. The highest BCUT2D eigenvalue weighted by molar-refractivity contribution is 6.31. The Morgan fingerprint density at radius 2 is 2.00 bits per heavy atom. The molecule has 0 saturated carbocycles. The highest BCUT2D eigenvalue weighted by Crippen LogP contribution is 2.31. The molecule has 0 radical (unpaired) electrons. The summed E-state index contributed by atoms with van der Waals surface area (Å²) in [5.74, 6) is 0.282. The largest absolute Gasteiger partial charge is 0.352 e. The van der Waals surface area contributed by atoms with Gasteiger partial charge in [-0.25, -0.2) is 18.4 Å². The van der Waals surface area contributed by atoms with Crippen LogP contribution in [0.5, 0.6) is 0 Å². The molecule has 29 heavy (non-hydrogen) atoms. The van der Waals surface area contributed by atoms with Crippen LogP contribution in [0.3, 0.4) is 0 Å². The summed E-state index contributed by atoms with van der Waals surface area (Å²) in [6, 6.07) is 10.6. The van der Waals surface area contributed by atoms with Crippen molar-refractivity contribution in [1.82, 2.24) is 14.3 Å². The Hall–Kier alpha value is -3.46. The molecule has 1 aromatic heterocycles. The van der Waals surface area contributed by atoms with Crippen LogP contribution in [0.2, 0.25) is 5.02 Å². The Morgan fingerprint density at radius 3 is 2.79 bits per heavy atom. The van der Waals surface area contributed by atoms with Gasteiger partial charge in [-0.3, -0.25) is 14.7 Å². The smallest absolute Gasteiger partial charge is 0.324 e. The van der Waals surface area contributed by atoms with Crippen LogP contribution < -0.4 is 15.9 Å². The SMILES string of the molecule is O=C(Cn1nc2n(c1=O)-c1cc(Cl)ccc1C1=NCCN12)Nc1ccc(F)cc1. The zero-order chi connectivity index (χ0) is 20.1. The Labute approximate surface area is 168 Å². The molecule has 1 amide bonds. The van der Waals surface area contributed by atoms with Crippen LogP contribution >= 0.6 is 11.6 Å². The number of aromatic nitrogens is 3. The molecule has 0 unspecified atom stereocenters. The lowest BCUT2D eigenvalue weighted by Crippen LogP contribution is -2.37. The van der Waals surface area contributed by atoms with Gasteiger partial charge in [-0.2, -0.15) is 0 Å². The van der Waals surface area contributed by atoms with Crippen molar-refractivity contribution >= 4 is 35.0 Å². The molecule has 2 aliphatic rings. The number of carbonyl (C=O) groups excluding carboxylic acids is 1. The predicted molar refractivity (Wildman–Crippen MR) is 107 cm³/mol. The van der Waals surface area contributed by atoms with Gasteiger partial charge in [-0.15, -0.1) is 5.10 Å². The molecular formula is C19H14ClFN6O2. The fourth-order valence-corrected chi connectivity index (χ4v) is 3.67. The monoisotopic (exact) mass is 412 g/mol. The van der Waals surface area contributed by atoms with Gasteiger partial charge >= 0.3 is 5.69 Å². The van der Waals surface area contributed by atoms with Gasteiger partial charge in [0, 0.05) is 22.8 Å². The number of amidine groups is 1. The highest BCUT2D eigenvalue weighted by atomic mass is 35.5. The average Bonchev–Trinajstić information content (AvgIpc) is 3.29. The molecule has 2 aromatic carbocycles. The number of anilines is 2. The van der Waals surface area contributed by atoms with E-state index < -0.39 is 17.4 Å². The number of halogens is 2. The Balaban J connectivity index is 1.51. The van der Waals surface area contributed by atoms with Crippen LogP contribution in [-0.4, -0.2) is 39.2 Å². The van der Waals surface area contributed by atoms with Crippen LogP contribution in [0.1, 0.15) is 5.56 Å². The van der Waals surface area contributed by atoms with Gasteiger partial charge in [0.05, 0.1) is 12.2 Å². The molecule has 8 nitrogen and oxygen atoms in total. The second-order valence-electron chi connectivity index (χ2n) is 6.65. The third-order valence-electron chi connectivity index (χ3n) is 4.77. The van der Waals surface area contributed by atoms with E-state index in [1.165, 1.54) is 28.8 Å². The molecule has 2 aliphatic heterocycles. The zero-order valence-corrected chi connectivity index (χ0v) is 15.7. The summed E-state index contributed by atoms with van der Waals surface area (Å²) in [4.78, 5) is 31.8. The third-order valence-corrected chi connectivity index (χ3v) is 5.00. The molecular weight excluding hydrogens is 399 g/mol. The first kappa shape index (κ1) is 17.6. The summed E-state index contributed by atoms with van der Waals surface area (Å²) < 4.78 is 15.6. The van der Waals surface area contributed by atoms with Crippen molar-refractivity contribution in [3.05, 3.63) is 69.4 Å². The average molecular weight is 413 g/mol. The van der Waals surface area contributed by atoms with E-state index in [0.29, 0.717) is 35.4 Å². The normalized spacial score (nSPS) is 14.1. The first-order chi connectivity index (χ1) is 14.0. The number of fused-ring (bicyclic) bond motifs is 6. The number of nitrogens with zero attached hydrogens (tertiary/aromatic N) is 5. The van der Waals surface area contributed by atoms with Gasteiger partial charge in [0.2, 0.25) is 11.9 Å². The minimum absolute atomic E-state index is 0.285. The Kier molecular flexibility index (Phi) is 3.99. The first-order valence-corrected chi connectivity index (χ1v) is 9.26. The Bertz CT molecular complexity index is 1230. The van der Waals surface area contributed by atoms with Gasteiger partial charge in [-0.1, -0.05) is 11.6 Å². The molecule has 0 atom stereocenters. The fraction of sp³-hybridized carbons (Fsp3) is 0.158. The van der Waals surface area contributed by atoms with E-state index in [4.69, 9.17) is 11.6 Å². The van der Waals surface area contributed by atoms with Gasteiger partial charge in [0.15, 0.2) is 0 Å². The molecule has 3 heterocycles. The van der Waals surface area contributed by atoms with Crippen LogP contribution in [0.25, 0.3) is 5.69 Å². The lowest BCUT2D eigenvalue weighted by atomic mass is 10.1. The van der Waals surface area contributed by atoms with Crippen LogP contribution in [-0.2, 0) is 11.3 Å². The topological polar surface area (TPSA) is 84.5 Å². The van der Waals surface area contributed by atoms with Gasteiger partial charge in [0.1, 0.15) is 18.2 Å². The molecule has 146 valence electrons. The van der Waals surface area contributed by atoms with Gasteiger partial charge < -0.3 is 5.32 Å². The van der Waals surface area contributed by atoms with E-state index in [2.05, 4.69) is 15.4 Å². The zero-order valence-electron chi connectivity index (χ0n) is 15.0. The summed E-state index contributed by atoms with van der Waals surface area (Å²) in [6.45, 7) is 0.894. The molecule has 10 heteroatoms. The van der Waals surface area contributed by atoms with Crippen molar-refractivity contribution < 1.29 is 9.18 Å². The molecule has 0 fully saturated rings. The van der Waals surface area contributed by atoms with Crippen LogP contribution in [0.4, 0.5) is 16.0 Å². The highest BCUT2D eigenvalue weighted by Gasteiger charge is 2.34. The van der Waals surface area contributed by atoms with Gasteiger partial charge in [-0.05, 0) is 42.5 Å². The maximum atomic E-state index is 13.0. The van der Waals surface area contributed by atoms with Gasteiger partial charge in [0.25, 0.3) is 0 Å². The number of hydrogen-bond donors (Lipinski definition) is 1. The molecule has 3 aromatic rings. The maximum Gasteiger partial charge on any atom is 0.352 e. The summed E-state index contributed by atoms with van der Waals surface area (Å²) >= 11 is 6.14. The second kappa shape index (κ2) is 6.56. The predicted octanol–water partition coefficient (Wildman–Crippen LogP) is 2.05. The standard InChI is InChI=1S/C19H14ClFN6O2/c20-11-1-6-14-15(9-11)27-18(25-8-7-22-17(14)25)24-26(19(27)29)10-16(28)23-13-4-2-12(21)3-5-13/h1-6,9H,7-8,10H2,(H,23,28). The van der Waals surface area contributed by atoms with Crippen LogP contribution in [0, 0.1) is 5.82 Å². The molecule has 1 N–H and O–H groups in total. The van der Waals surface area contributed by atoms with Crippen molar-refractivity contribution in [2.75, 3.05) is 23.3 Å². The summed E-state index contributed by atoms with van der Waals surface area (Å²) in [5, 5.41) is 7.47. The number of amides is 1. The molecule has 0 spiro atoms. The van der Waals surface area contributed by atoms with E-state index in [1.807, 2.05) is 11.0 Å². The van der Waals surface area contributed by atoms with E-state index in [0.717, 1.165) is 16.1 Å². The third kappa shape index (κ3) is 2.90. The van der Waals surface area contributed by atoms with Crippen molar-refractivity contribution in [2.24, 2.45) is 4.99 Å². The molecule has 0 aliphatic carbocycles. The lowest BCUT2D eigenvalue weighted by Gasteiger charge is -2.26. The molecule has 0 saturated heterocycles.